The largest absolute Gasteiger partial charge is 0.467 e. The van der Waals surface area contributed by atoms with Crippen LogP contribution in [0, 0.1) is 11.3 Å². The fourth-order valence-corrected chi connectivity index (χ4v) is 14.5. The first kappa shape index (κ1) is 53.1. The van der Waals surface area contributed by atoms with Crippen molar-refractivity contribution in [1.29, 1.82) is 0 Å². The Morgan fingerprint density at radius 2 is 1.30 bits per heavy atom. The summed E-state index contributed by atoms with van der Waals surface area (Å²) in [6.45, 7) is 18.7. The van der Waals surface area contributed by atoms with Gasteiger partial charge in [-0.2, -0.15) is 0 Å². The van der Waals surface area contributed by atoms with Crippen molar-refractivity contribution in [3.05, 3.63) is 149 Å². The normalized spacial score (nSPS) is 15.4. The van der Waals surface area contributed by atoms with Crippen LogP contribution in [0.25, 0.3) is 0 Å². The molecule has 5 aromatic rings. The molecule has 3 N–H and O–H groups in total. The van der Waals surface area contributed by atoms with Gasteiger partial charge in [0.25, 0.3) is 20.1 Å². The molecule has 2 heterocycles. The third-order valence-corrected chi connectivity index (χ3v) is 18.7. The van der Waals surface area contributed by atoms with E-state index < -0.39 is 73.4 Å². The molecule has 0 fully saturated rings. The molecule has 0 saturated heterocycles. The van der Waals surface area contributed by atoms with Crippen molar-refractivity contribution in [3.63, 3.8) is 0 Å². The predicted molar refractivity (Wildman–Crippen MR) is 279 cm³/mol. The minimum atomic E-state index is -2.96. The van der Waals surface area contributed by atoms with Crippen LogP contribution in [0.5, 0.6) is 0 Å². The number of amidine groups is 1. The molecule has 1 aliphatic rings. The molecule has 0 aliphatic carbocycles. The number of aliphatic imine (C=N–C) groups is 1. The highest BCUT2D eigenvalue weighted by Gasteiger charge is 2.51. The van der Waals surface area contributed by atoms with Crippen LogP contribution in [0.15, 0.2) is 132 Å². The average Bonchev–Trinajstić information content (AvgIpc) is 3.94. The average molecular weight is 985 g/mol. The van der Waals surface area contributed by atoms with Crippen molar-refractivity contribution in [1.82, 2.24) is 25.8 Å². The molecule has 1 aromatic heterocycles. The summed E-state index contributed by atoms with van der Waals surface area (Å²) in [5, 5.41) is 13.8. The highest BCUT2D eigenvalue weighted by atomic mass is 32.1. The molecule has 0 radical (unpaired) electrons. The Bertz CT molecular complexity index is 2520. The Morgan fingerprint density at radius 3 is 1.79 bits per heavy atom. The molecule has 370 valence electrons. The van der Waals surface area contributed by atoms with E-state index in [2.05, 4.69) is 66.0 Å². The lowest BCUT2D eigenvalue weighted by atomic mass is 9.84. The number of esters is 1. The molecule has 15 heteroatoms. The first-order chi connectivity index (χ1) is 33.3. The fourth-order valence-electron chi connectivity index (χ4n) is 9.27. The van der Waals surface area contributed by atoms with Crippen LogP contribution < -0.4 is 26.3 Å². The Balaban J connectivity index is 1.34. The number of nitrogens with one attached hydrogen (secondary N) is 3. The highest BCUT2D eigenvalue weighted by Crippen LogP contribution is 2.37. The Morgan fingerprint density at radius 1 is 0.757 bits per heavy atom. The smallest absolute Gasteiger partial charge is 0.328 e. The molecule has 4 amide bonds. The molecule has 5 atom stereocenters. The third-order valence-electron chi connectivity index (χ3n) is 12.9. The van der Waals surface area contributed by atoms with Gasteiger partial charge in [-0.1, -0.05) is 165 Å². The van der Waals surface area contributed by atoms with Crippen molar-refractivity contribution in [3.8, 4) is 0 Å². The third kappa shape index (κ3) is 12.2. The lowest BCUT2D eigenvalue weighted by Crippen LogP contribution is -2.66. The van der Waals surface area contributed by atoms with Crippen molar-refractivity contribution in [2.45, 2.75) is 110 Å². The number of hydrogen-bond acceptors (Lipinski definition) is 10. The molecule has 0 bridgehead atoms. The van der Waals surface area contributed by atoms with Gasteiger partial charge in [-0.25, -0.2) is 9.78 Å². The molecule has 4 aromatic carbocycles. The van der Waals surface area contributed by atoms with Gasteiger partial charge in [0.2, 0.25) is 11.8 Å². The minimum Gasteiger partial charge on any atom is -0.467 e. The van der Waals surface area contributed by atoms with Gasteiger partial charge in [0.15, 0.2) is 0 Å². The maximum atomic E-state index is 14.5. The van der Waals surface area contributed by atoms with Crippen LogP contribution in [-0.2, 0) is 30.0 Å². The monoisotopic (exact) mass is 984 g/mol. The summed E-state index contributed by atoms with van der Waals surface area (Å²) in [5.74, 6) is -2.84. The number of imide groups is 1. The van der Waals surface area contributed by atoms with Crippen molar-refractivity contribution < 1.29 is 33.1 Å². The van der Waals surface area contributed by atoms with Crippen molar-refractivity contribution >= 4 is 65.5 Å². The number of thiazole rings is 1. The van der Waals surface area contributed by atoms with Gasteiger partial charge in [0.1, 0.15) is 24.0 Å². The molecule has 1 aliphatic heterocycles. The van der Waals surface area contributed by atoms with Crippen molar-refractivity contribution in [2.24, 2.45) is 16.3 Å². The van der Waals surface area contributed by atoms with Crippen LogP contribution in [-0.4, -0.2) is 98.1 Å². The second-order valence-electron chi connectivity index (χ2n) is 20.2. The molecule has 0 spiro atoms. The van der Waals surface area contributed by atoms with Gasteiger partial charge in [-0.05, 0) is 44.4 Å². The first-order valence-electron chi connectivity index (χ1n) is 23.9. The predicted octanol–water partition coefficient (Wildman–Crippen LogP) is 7.32. The van der Waals surface area contributed by atoms with Crippen LogP contribution in [0.3, 0.4) is 0 Å². The van der Waals surface area contributed by atoms with E-state index in [0.29, 0.717) is 22.0 Å². The van der Waals surface area contributed by atoms with E-state index in [4.69, 9.17) is 14.2 Å². The molecule has 0 saturated carbocycles. The zero-order valence-corrected chi connectivity index (χ0v) is 43.8. The van der Waals surface area contributed by atoms with Gasteiger partial charge < -0.3 is 25.1 Å². The Labute approximate surface area is 418 Å². The van der Waals surface area contributed by atoms with Crippen LogP contribution in [0.2, 0.25) is 5.04 Å². The Hall–Kier alpha value is -6.29. The number of nitrogens with zero attached hydrogens (tertiary/aromatic N) is 3. The first-order valence-corrected chi connectivity index (χ1v) is 26.7. The standard InChI is InChI=1S/C55H68N6O7SSi/c1-36(2)43(34-45(62)60-47(37(3)38-22-14-11-15-23-38)50(63)59-44(53(66)67-10)35-46-56-31-33-69-46)58-49(48(54(4,5)6)61-51(64)41-28-20-21-29-42(41)52(61)65)57-30-32-68-70(55(7,8)9,39-24-16-12-17-25-39)40-26-18-13-19-27-40/h11-29,31,33,36-37,43-44,47-48H,30,32,34-35H2,1-10H3,(H,57,58)(H,59,63)(H,60,62)/t37-,43-,44-,47-,48+/m0/s1. The number of hydrogen-bond donors (Lipinski definition) is 3. The van der Waals surface area contributed by atoms with Gasteiger partial charge >= 0.3 is 5.97 Å². The van der Waals surface area contributed by atoms with E-state index in [1.54, 1.807) is 35.8 Å². The summed E-state index contributed by atoms with van der Waals surface area (Å²) in [7, 11) is -1.71. The summed E-state index contributed by atoms with van der Waals surface area (Å²) >= 11 is 1.35. The van der Waals surface area contributed by atoms with Gasteiger partial charge in [0.05, 0.1) is 36.4 Å². The maximum Gasteiger partial charge on any atom is 0.328 e. The molecule has 70 heavy (non-hydrogen) atoms. The van der Waals surface area contributed by atoms with E-state index in [9.17, 15) is 24.0 Å². The number of benzene rings is 4. The molecular formula is C55H68N6O7SSi. The van der Waals surface area contributed by atoms with Crippen molar-refractivity contribution in [2.75, 3.05) is 20.3 Å². The minimum absolute atomic E-state index is 0.112. The number of methoxy groups -OCH3 is 1. The highest BCUT2D eigenvalue weighted by molar-refractivity contribution is 7.09. The summed E-state index contributed by atoms with van der Waals surface area (Å²) in [4.78, 5) is 81.4. The molecular weight excluding hydrogens is 917 g/mol. The van der Waals surface area contributed by atoms with E-state index in [1.807, 2.05) is 108 Å². The molecule has 13 nitrogen and oxygen atoms in total. The van der Waals surface area contributed by atoms with Crippen LogP contribution in [0.4, 0.5) is 0 Å². The second-order valence-corrected chi connectivity index (χ2v) is 25.5. The summed E-state index contributed by atoms with van der Waals surface area (Å²) in [5.41, 5.74) is 0.688. The topological polar surface area (TPSA) is 168 Å². The number of aromatic nitrogens is 1. The fraction of sp³-hybridized carbons (Fsp3) is 0.400. The van der Waals surface area contributed by atoms with E-state index in [0.717, 1.165) is 15.9 Å². The van der Waals surface area contributed by atoms with E-state index in [-0.39, 0.29) is 36.9 Å². The van der Waals surface area contributed by atoms with E-state index in [1.165, 1.54) is 23.3 Å². The van der Waals surface area contributed by atoms with Crippen LogP contribution in [0.1, 0.15) is 106 Å². The zero-order valence-electron chi connectivity index (χ0n) is 42.0. The quantitative estimate of drug-likeness (QED) is 0.0181. The second kappa shape index (κ2) is 23.1. The van der Waals surface area contributed by atoms with Gasteiger partial charge in [-0.15, -0.1) is 11.3 Å². The number of fused-ring (bicyclic) bond motifs is 1. The summed E-state index contributed by atoms with van der Waals surface area (Å²) < 4.78 is 12.3. The lowest BCUT2D eigenvalue weighted by Gasteiger charge is -2.43. The lowest BCUT2D eigenvalue weighted by molar-refractivity contribution is -0.145. The number of amides is 4. The van der Waals surface area contributed by atoms with Gasteiger partial charge in [-0.3, -0.25) is 29.1 Å². The van der Waals surface area contributed by atoms with Gasteiger partial charge in [0, 0.05) is 36.4 Å². The van der Waals surface area contributed by atoms with Crippen LogP contribution >= 0.6 is 11.3 Å². The zero-order chi connectivity index (χ0) is 50.8. The summed E-state index contributed by atoms with van der Waals surface area (Å²) in [6.07, 6.45) is 1.63. The molecule has 0 unspecified atom stereocenters. The number of rotatable bonds is 20. The van der Waals surface area contributed by atoms with E-state index >= 15 is 0 Å². The SMILES string of the molecule is COC(=O)[C@H](Cc1nccs1)NC(=O)[C@@H](NC(=O)C[C@H](NC(=NCCO[Si](c1ccccc1)(c1ccccc1)C(C)(C)C)[C@@H](N1C(=O)c2ccccc2C1=O)C(C)(C)C)C(C)C)[C@@H](C)c1ccccc1. The number of ether oxygens (including phenoxy) is 1. The number of carbonyl (C=O) groups excluding carboxylic acids is 5. The molecule has 6 rings (SSSR count). The summed E-state index contributed by atoms with van der Waals surface area (Å²) in [6, 6.07) is 33.2. The Kier molecular flexibility index (Phi) is 17.5. The number of carbonyl (C=O) groups is 5. The maximum absolute atomic E-state index is 14.5.